The standard InChI is InChI=1S/C18H16FN3O2/c19-13-5-2-1-4-12(13)18(23)20-11-7-8-14-15(10-11)22-17(21-14)16-6-3-9-24-16/h1-2,4-5,7-8,10,16H,3,6,9H2,(H,20,23)(H,21,22)/t16-/m0/s1. The zero-order valence-corrected chi connectivity index (χ0v) is 12.9. The SMILES string of the molecule is O=C(Nc1ccc2nc([C@@H]3CCCO3)[nH]c2c1)c1ccccc1F. The maximum atomic E-state index is 13.7. The fourth-order valence-corrected chi connectivity index (χ4v) is 2.90. The zero-order chi connectivity index (χ0) is 16.5. The molecule has 1 aliphatic heterocycles. The Kier molecular flexibility index (Phi) is 3.74. The van der Waals surface area contributed by atoms with E-state index in [0.29, 0.717) is 5.69 Å². The van der Waals surface area contributed by atoms with Gasteiger partial charge in [-0.1, -0.05) is 12.1 Å². The number of aromatic amines is 1. The molecular weight excluding hydrogens is 309 g/mol. The third-order valence-corrected chi connectivity index (χ3v) is 4.11. The van der Waals surface area contributed by atoms with Gasteiger partial charge in [0.05, 0.1) is 16.6 Å². The van der Waals surface area contributed by atoms with E-state index in [0.717, 1.165) is 36.3 Å². The summed E-state index contributed by atoms with van der Waals surface area (Å²) >= 11 is 0. The molecule has 1 saturated heterocycles. The lowest BCUT2D eigenvalue weighted by atomic mass is 10.2. The molecule has 0 saturated carbocycles. The first kappa shape index (κ1) is 14.8. The van der Waals surface area contributed by atoms with Crippen molar-refractivity contribution in [2.45, 2.75) is 18.9 Å². The fraction of sp³-hybridized carbons (Fsp3) is 0.222. The van der Waals surface area contributed by atoms with Crippen LogP contribution >= 0.6 is 0 Å². The molecule has 0 unspecified atom stereocenters. The van der Waals surface area contributed by atoms with Gasteiger partial charge in [0.1, 0.15) is 17.7 Å². The van der Waals surface area contributed by atoms with Crippen LogP contribution in [0.15, 0.2) is 42.5 Å². The van der Waals surface area contributed by atoms with Gasteiger partial charge in [0.2, 0.25) is 0 Å². The Morgan fingerprint density at radius 2 is 2.17 bits per heavy atom. The van der Waals surface area contributed by atoms with Gasteiger partial charge in [0, 0.05) is 12.3 Å². The summed E-state index contributed by atoms with van der Waals surface area (Å²) in [6.45, 7) is 0.756. The molecule has 1 atom stereocenters. The van der Waals surface area contributed by atoms with Gasteiger partial charge < -0.3 is 15.0 Å². The molecule has 24 heavy (non-hydrogen) atoms. The number of nitrogens with zero attached hydrogens (tertiary/aromatic N) is 1. The van der Waals surface area contributed by atoms with E-state index in [9.17, 15) is 9.18 Å². The van der Waals surface area contributed by atoms with Crippen LogP contribution in [-0.4, -0.2) is 22.5 Å². The topological polar surface area (TPSA) is 67.0 Å². The molecule has 0 spiro atoms. The zero-order valence-electron chi connectivity index (χ0n) is 12.9. The van der Waals surface area contributed by atoms with E-state index in [1.165, 1.54) is 12.1 Å². The van der Waals surface area contributed by atoms with Crippen LogP contribution in [0.4, 0.5) is 10.1 Å². The van der Waals surface area contributed by atoms with Crippen LogP contribution in [0, 0.1) is 5.82 Å². The molecule has 5 nitrogen and oxygen atoms in total. The average molecular weight is 325 g/mol. The number of nitrogens with one attached hydrogen (secondary N) is 2. The van der Waals surface area contributed by atoms with Crippen molar-refractivity contribution < 1.29 is 13.9 Å². The van der Waals surface area contributed by atoms with Crippen LogP contribution in [0.1, 0.15) is 35.1 Å². The third kappa shape index (κ3) is 2.76. The number of benzene rings is 2. The molecule has 1 aromatic heterocycles. The number of hydrogen-bond donors (Lipinski definition) is 2. The third-order valence-electron chi connectivity index (χ3n) is 4.11. The summed E-state index contributed by atoms with van der Waals surface area (Å²) in [5.41, 5.74) is 2.22. The van der Waals surface area contributed by atoms with Gasteiger partial charge in [-0.25, -0.2) is 9.37 Å². The van der Waals surface area contributed by atoms with E-state index in [1.807, 2.05) is 6.07 Å². The Labute approximate surface area is 137 Å². The Hall–Kier alpha value is -2.73. The predicted octanol–water partition coefficient (Wildman–Crippen LogP) is 3.81. The smallest absolute Gasteiger partial charge is 0.258 e. The van der Waals surface area contributed by atoms with E-state index in [1.54, 1.807) is 24.3 Å². The maximum absolute atomic E-state index is 13.7. The quantitative estimate of drug-likeness (QED) is 0.769. The van der Waals surface area contributed by atoms with Crippen molar-refractivity contribution >= 4 is 22.6 Å². The Bertz CT molecular complexity index is 900. The highest BCUT2D eigenvalue weighted by Crippen LogP contribution is 2.28. The number of fused-ring (bicyclic) bond motifs is 1. The number of ether oxygens (including phenoxy) is 1. The minimum absolute atomic E-state index is 0.00820. The number of aromatic nitrogens is 2. The normalized spacial score (nSPS) is 17.3. The number of rotatable bonds is 3. The number of carbonyl (C=O) groups is 1. The molecule has 2 aromatic carbocycles. The van der Waals surface area contributed by atoms with Crippen LogP contribution < -0.4 is 5.32 Å². The Morgan fingerprint density at radius 3 is 2.96 bits per heavy atom. The number of carbonyl (C=O) groups excluding carboxylic acids is 1. The number of imidazole rings is 1. The van der Waals surface area contributed by atoms with Crippen molar-refractivity contribution in [3.63, 3.8) is 0 Å². The minimum Gasteiger partial charge on any atom is -0.370 e. The van der Waals surface area contributed by atoms with Crippen molar-refractivity contribution in [1.82, 2.24) is 9.97 Å². The van der Waals surface area contributed by atoms with Crippen LogP contribution in [-0.2, 0) is 4.74 Å². The van der Waals surface area contributed by atoms with Crippen molar-refractivity contribution in [3.8, 4) is 0 Å². The second kappa shape index (κ2) is 6.05. The van der Waals surface area contributed by atoms with E-state index < -0.39 is 11.7 Å². The summed E-state index contributed by atoms with van der Waals surface area (Å²) in [5, 5.41) is 2.71. The Morgan fingerprint density at radius 1 is 1.29 bits per heavy atom. The van der Waals surface area contributed by atoms with Gasteiger partial charge >= 0.3 is 0 Å². The molecule has 0 aliphatic carbocycles. The molecule has 1 fully saturated rings. The van der Waals surface area contributed by atoms with Gasteiger partial charge in [0.15, 0.2) is 0 Å². The van der Waals surface area contributed by atoms with Crippen molar-refractivity contribution in [1.29, 1.82) is 0 Å². The largest absolute Gasteiger partial charge is 0.370 e. The second-order valence-electron chi connectivity index (χ2n) is 5.79. The summed E-state index contributed by atoms with van der Waals surface area (Å²) < 4.78 is 19.3. The molecule has 4 rings (SSSR count). The molecule has 2 N–H and O–H groups in total. The molecule has 1 amide bonds. The summed E-state index contributed by atoms with van der Waals surface area (Å²) in [4.78, 5) is 20.0. The Balaban J connectivity index is 1.58. The number of halogens is 1. The number of hydrogen-bond acceptors (Lipinski definition) is 3. The van der Waals surface area contributed by atoms with Gasteiger partial charge in [0.25, 0.3) is 5.91 Å². The predicted molar refractivity (Wildman–Crippen MR) is 88.4 cm³/mol. The first-order valence-electron chi connectivity index (χ1n) is 7.88. The van der Waals surface area contributed by atoms with Crippen LogP contribution in [0.25, 0.3) is 11.0 Å². The highest BCUT2D eigenvalue weighted by molar-refractivity contribution is 6.05. The molecule has 6 heteroatoms. The summed E-state index contributed by atoms with van der Waals surface area (Å²) in [5.74, 6) is -0.218. The molecule has 0 radical (unpaired) electrons. The van der Waals surface area contributed by atoms with E-state index in [-0.39, 0.29) is 11.7 Å². The van der Waals surface area contributed by atoms with Gasteiger partial charge in [-0.05, 0) is 43.2 Å². The first-order valence-corrected chi connectivity index (χ1v) is 7.88. The lowest BCUT2D eigenvalue weighted by molar-refractivity contribution is 0.102. The second-order valence-corrected chi connectivity index (χ2v) is 5.79. The lowest BCUT2D eigenvalue weighted by Crippen LogP contribution is -2.13. The van der Waals surface area contributed by atoms with E-state index in [2.05, 4.69) is 15.3 Å². The highest BCUT2D eigenvalue weighted by Gasteiger charge is 2.21. The monoisotopic (exact) mass is 325 g/mol. The van der Waals surface area contributed by atoms with Crippen LogP contribution in [0.5, 0.6) is 0 Å². The van der Waals surface area contributed by atoms with E-state index >= 15 is 0 Å². The summed E-state index contributed by atoms with van der Waals surface area (Å²) in [6, 6.07) is 11.3. The molecule has 0 bridgehead atoms. The maximum Gasteiger partial charge on any atom is 0.258 e. The van der Waals surface area contributed by atoms with Crippen LogP contribution in [0.3, 0.4) is 0 Å². The van der Waals surface area contributed by atoms with Gasteiger partial charge in [-0.3, -0.25) is 4.79 Å². The minimum atomic E-state index is -0.543. The molecule has 2 heterocycles. The lowest BCUT2D eigenvalue weighted by Gasteiger charge is -2.06. The number of H-pyrrole nitrogens is 1. The van der Waals surface area contributed by atoms with E-state index in [4.69, 9.17) is 4.74 Å². The fourth-order valence-electron chi connectivity index (χ4n) is 2.90. The van der Waals surface area contributed by atoms with Crippen molar-refractivity contribution in [2.24, 2.45) is 0 Å². The molecule has 1 aliphatic rings. The summed E-state index contributed by atoms with van der Waals surface area (Å²) in [6.07, 6.45) is 2.00. The van der Waals surface area contributed by atoms with Crippen molar-refractivity contribution in [3.05, 3.63) is 59.7 Å². The number of anilines is 1. The average Bonchev–Trinajstić information content (AvgIpc) is 3.24. The number of amides is 1. The van der Waals surface area contributed by atoms with Gasteiger partial charge in [-0.2, -0.15) is 0 Å². The molecule has 122 valence electrons. The van der Waals surface area contributed by atoms with Crippen molar-refractivity contribution in [2.75, 3.05) is 11.9 Å². The molecule has 3 aromatic rings. The van der Waals surface area contributed by atoms with Crippen LogP contribution in [0.2, 0.25) is 0 Å². The summed E-state index contributed by atoms with van der Waals surface area (Å²) in [7, 11) is 0. The molecular formula is C18H16FN3O2. The van der Waals surface area contributed by atoms with Gasteiger partial charge in [-0.15, -0.1) is 0 Å². The highest BCUT2D eigenvalue weighted by atomic mass is 19.1. The first-order chi connectivity index (χ1) is 11.7.